The lowest BCUT2D eigenvalue weighted by molar-refractivity contribution is 0.669. The Morgan fingerprint density at radius 2 is 1.19 bits per heavy atom. The van der Waals surface area contributed by atoms with Gasteiger partial charge in [0.15, 0.2) is 5.84 Å². The zero-order valence-corrected chi connectivity index (χ0v) is 23.3. The highest BCUT2D eigenvalue weighted by Gasteiger charge is 2.26. The van der Waals surface area contributed by atoms with Crippen LogP contribution in [0, 0.1) is 0 Å². The number of furan rings is 1. The molecule has 0 saturated carbocycles. The van der Waals surface area contributed by atoms with Gasteiger partial charge >= 0.3 is 0 Å². The van der Waals surface area contributed by atoms with Crippen LogP contribution in [0.5, 0.6) is 0 Å². The molecule has 1 atom stereocenters. The van der Waals surface area contributed by atoms with Crippen LogP contribution in [0.25, 0.3) is 44.2 Å². The molecule has 0 spiro atoms. The van der Waals surface area contributed by atoms with E-state index in [0.717, 1.165) is 38.6 Å². The van der Waals surface area contributed by atoms with Crippen molar-refractivity contribution in [2.45, 2.75) is 9.79 Å². The number of nitrogens with zero attached hydrogens (tertiary/aromatic N) is 2. The number of amidine groups is 1. The fraction of sp³-hybridized carbons (Fsp3) is 0. The SMILES string of the molecule is O=S1(c2ccccc2)=NC(c2cccc3oc4ccc(-c5ccc(-c6ccccc6)cc5)cc4c23)=Nc2ccccc21. The van der Waals surface area contributed by atoms with E-state index in [9.17, 15) is 4.21 Å². The number of aliphatic imine (C=N–C) groups is 1. The van der Waals surface area contributed by atoms with E-state index in [1.54, 1.807) is 0 Å². The molecule has 2 heterocycles. The third-order valence-corrected chi connectivity index (χ3v) is 10.0. The quantitative estimate of drug-likeness (QED) is 0.215. The maximum atomic E-state index is 14.6. The van der Waals surface area contributed by atoms with Gasteiger partial charge in [0.2, 0.25) is 0 Å². The van der Waals surface area contributed by atoms with Gasteiger partial charge in [-0.1, -0.05) is 103 Å². The summed E-state index contributed by atoms with van der Waals surface area (Å²) < 4.78 is 25.8. The van der Waals surface area contributed by atoms with E-state index >= 15 is 0 Å². The summed E-state index contributed by atoms with van der Waals surface area (Å²) in [6.45, 7) is 0. The van der Waals surface area contributed by atoms with Gasteiger partial charge in [-0.25, -0.2) is 9.20 Å². The van der Waals surface area contributed by atoms with E-state index in [1.165, 1.54) is 11.1 Å². The molecule has 0 fully saturated rings. The predicted molar refractivity (Wildman–Crippen MR) is 171 cm³/mol. The second-order valence-electron chi connectivity index (χ2n) is 10.3. The van der Waals surface area contributed by atoms with Crippen LogP contribution in [-0.4, -0.2) is 10.0 Å². The molecular formula is C37H24N2O2S. The fourth-order valence-corrected chi connectivity index (χ4v) is 7.69. The Morgan fingerprint density at radius 1 is 0.548 bits per heavy atom. The lowest BCUT2D eigenvalue weighted by atomic mass is 9.98. The smallest absolute Gasteiger partial charge is 0.170 e. The van der Waals surface area contributed by atoms with Gasteiger partial charge in [-0.3, -0.25) is 0 Å². The molecule has 42 heavy (non-hydrogen) atoms. The van der Waals surface area contributed by atoms with Crippen molar-refractivity contribution in [2.75, 3.05) is 0 Å². The van der Waals surface area contributed by atoms with Gasteiger partial charge in [-0.2, -0.15) is 4.36 Å². The van der Waals surface area contributed by atoms with Gasteiger partial charge in [-0.15, -0.1) is 0 Å². The molecule has 1 aliphatic heterocycles. The summed E-state index contributed by atoms with van der Waals surface area (Å²) in [6.07, 6.45) is 0. The zero-order valence-electron chi connectivity index (χ0n) is 22.5. The van der Waals surface area contributed by atoms with Crippen molar-refractivity contribution >= 4 is 43.2 Å². The number of benzene rings is 6. The van der Waals surface area contributed by atoms with E-state index in [-0.39, 0.29) is 0 Å². The molecule has 0 bridgehead atoms. The number of fused-ring (bicyclic) bond motifs is 4. The molecule has 1 aliphatic rings. The van der Waals surface area contributed by atoms with Crippen LogP contribution in [0.4, 0.5) is 5.69 Å². The number of rotatable bonds is 4. The largest absolute Gasteiger partial charge is 0.456 e. The Balaban J connectivity index is 1.30. The Labute approximate surface area is 243 Å². The number of para-hydroxylation sites is 1. The monoisotopic (exact) mass is 560 g/mol. The fourth-order valence-electron chi connectivity index (χ4n) is 5.66. The highest BCUT2D eigenvalue weighted by molar-refractivity contribution is 7.94. The Kier molecular flexibility index (Phi) is 5.66. The van der Waals surface area contributed by atoms with Crippen LogP contribution in [0.1, 0.15) is 5.56 Å². The van der Waals surface area contributed by atoms with Gasteiger partial charge in [0.1, 0.15) is 20.9 Å². The standard InChI is InChI=1S/C37H24N2O2S/c40-42(29-12-5-2-6-13-29)35-17-8-7-15-32(35)38-37(39-42)30-14-9-16-34-36(30)31-24-28(22-23-33(31)41-34)27-20-18-26(19-21-27)25-10-3-1-4-11-25/h1-24H. The molecular weight excluding hydrogens is 536 g/mol. The van der Waals surface area contributed by atoms with E-state index < -0.39 is 9.73 Å². The minimum Gasteiger partial charge on any atom is -0.456 e. The highest BCUT2D eigenvalue weighted by atomic mass is 32.2. The Bertz CT molecular complexity index is 2280. The first-order chi connectivity index (χ1) is 20.7. The maximum absolute atomic E-state index is 14.6. The van der Waals surface area contributed by atoms with Crippen molar-refractivity contribution in [3.63, 3.8) is 0 Å². The van der Waals surface area contributed by atoms with Crippen molar-refractivity contribution in [1.82, 2.24) is 0 Å². The van der Waals surface area contributed by atoms with Crippen LogP contribution in [0.3, 0.4) is 0 Å². The first-order valence-corrected chi connectivity index (χ1v) is 15.3. The van der Waals surface area contributed by atoms with Crippen LogP contribution < -0.4 is 0 Å². The first kappa shape index (κ1) is 24.5. The lowest BCUT2D eigenvalue weighted by Gasteiger charge is -2.18. The van der Waals surface area contributed by atoms with Crippen molar-refractivity contribution in [1.29, 1.82) is 0 Å². The molecule has 4 nitrogen and oxygen atoms in total. The normalized spacial score (nSPS) is 16.1. The van der Waals surface area contributed by atoms with Crippen LogP contribution in [0.15, 0.2) is 169 Å². The summed E-state index contributed by atoms with van der Waals surface area (Å²) >= 11 is 0. The minimum atomic E-state index is -2.95. The number of hydrogen-bond acceptors (Lipinski definition) is 4. The second kappa shape index (κ2) is 9.68. The Morgan fingerprint density at radius 3 is 1.98 bits per heavy atom. The van der Waals surface area contributed by atoms with Crippen LogP contribution in [-0.2, 0) is 9.73 Å². The molecule has 0 saturated heterocycles. The molecule has 5 heteroatoms. The molecule has 1 aromatic heterocycles. The van der Waals surface area contributed by atoms with Crippen LogP contribution >= 0.6 is 0 Å². The molecule has 0 N–H and O–H groups in total. The van der Waals surface area contributed by atoms with Crippen molar-refractivity contribution < 1.29 is 8.63 Å². The summed E-state index contributed by atoms with van der Waals surface area (Å²) in [4.78, 5) is 6.21. The van der Waals surface area contributed by atoms with Crippen molar-refractivity contribution in [2.24, 2.45) is 9.36 Å². The number of hydrogen-bond donors (Lipinski definition) is 0. The molecule has 1 unspecified atom stereocenters. The second-order valence-corrected chi connectivity index (χ2v) is 12.4. The molecule has 0 amide bonds. The van der Waals surface area contributed by atoms with Crippen molar-refractivity contribution in [3.05, 3.63) is 151 Å². The van der Waals surface area contributed by atoms with Gasteiger partial charge in [0.25, 0.3) is 0 Å². The van der Waals surface area contributed by atoms with Gasteiger partial charge in [-0.05, 0) is 64.7 Å². The first-order valence-electron chi connectivity index (χ1n) is 13.8. The third-order valence-electron chi connectivity index (χ3n) is 7.73. The lowest BCUT2D eigenvalue weighted by Crippen LogP contribution is -2.12. The topological polar surface area (TPSA) is 54.9 Å². The molecule has 0 aliphatic carbocycles. The molecule has 0 radical (unpaired) electrons. The average molecular weight is 561 g/mol. The molecule has 6 aromatic carbocycles. The van der Waals surface area contributed by atoms with Crippen LogP contribution in [0.2, 0.25) is 0 Å². The van der Waals surface area contributed by atoms with E-state index in [2.05, 4.69) is 60.7 Å². The van der Waals surface area contributed by atoms with E-state index in [0.29, 0.717) is 21.3 Å². The summed E-state index contributed by atoms with van der Waals surface area (Å²) in [7, 11) is -2.95. The van der Waals surface area contributed by atoms with E-state index in [4.69, 9.17) is 13.8 Å². The summed E-state index contributed by atoms with van der Waals surface area (Å²) in [6, 6.07) is 48.1. The average Bonchev–Trinajstić information content (AvgIpc) is 3.44. The summed E-state index contributed by atoms with van der Waals surface area (Å²) in [5.41, 5.74) is 7.54. The zero-order chi connectivity index (χ0) is 28.1. The third kappa shape index (κ3) is 3.98. The minimum absolute atomic E-state index is 0.438. The molecule has 8 rings (SSSR count). The summed E-state index contributed by atoms with van der Waals surface area (Å²) in [5, 5.41) is 1.88. The van der Waals surface area contributed by atoms with E-state index in [1.807, 2.05) is 84.9 Å². The van der Waals surface area contributed by atoms with Gasteiger partial charge < -0.3 is 4.42 Å². The summed E-state index contributed by atoms with van der Waals surface area (Å²) in [5.74, 6) is 0.438. The molecule has 7 aromatic rings. The Hall–Kier alpha value is -5.26. The molecule has 200 valence electrons. The highest BCUT2D eigenvalue weighted by Crippen LogP contribution is 2.39. The van der Waals surface area contributed by atoms with Gasteiger partial charge in [0.05, 0.1) is 15.5 Å². The maximum Gasteiger partial charge on any atom is 0.170 e. The van der Waals surface area contributed by atoms with Gasteiger partial charge in [0, 0.05) is 16.3 Å². The predicted octanol–water partition coefficient (Wildman–Crippen LogP) is 9.90. The van der Waals surface area contributed by atoms with Crippen molar-refractivity contribution in [3.8, 4) is 22.3 Å².